The van der Waals surface area contributed by atoms with Crippen molar-refractivity contribution in [3.8, 4) is 6.07 Å². The molecule has 0 spiro atoms. The zero-order valence-electron chi connectivity index (χ0n) is 19.7. The van der Waals surface area contributed by atoms with Crippen LogP contribution in [0.15, 0.2) is 32.8 Å². The Bertz CT molecular complexity index is 1490. The summed E-state index contributed by atoms with van der Waals surface area (Å²) < 4.78 is 8.94. The Morgan fingerprint density at radius 2 is 2.03 bits per heavy atom. The smallest absolute Gasteiger partial charge is 0.263 e. The molecule has 0 radical (unpaired) electrons. The topological polar surface area (TPSA) is 106 Å². The molecular formula is C24H25N5O3S2. The van der Waals surface area contributed by atoms with Crippen LogP contribution >= 0.6 is 23.1 Å². The first-order valence-electron chi connectivity index (χ1n) is 10.8. The van der Waals surface area contributed by atoms with E-state index in [-0.39, 0.29) is 17.2 Å². The molecule has 0 unspecified atom stereocenters. The zero-order valence-corrected chi connectivity index (χ0v) is 21.3. The van der Waals surface area contributed by atoms with Crippen molar-refractivity contribution in [3.05, 3.63) is 61.8 Å². The second kappa shape index (κ2) is 9.52. The number of aryl methyl sites for hydroxylation is 2. The largest absolute Gasteiger partial charge is 0.467 e. The number of fused-ring (bicyclic) bond motifs is 1. The number of nitriles is 1. The predicted octanol–water partition coefficient (Wildman–Crippen LogP) is 4.76. The van der Waals surface area contributed by atoms with Gasteiger partial charge >= 0.3 is 0 Å². The van der Waals surface area contributed by atoms with E-state index < -0.39 is 0 Å². The molecule has 0 fully saturated rings. The van der Waals surface area contributed by atoms with Crippen LogP contribution in [0.2, 0.25) is 0 Å². The molecule has 1 N–H and O–H groups in total. The van der Waals surface area contributed by atoms with Gasteiger partial charge in [0, 0.05) is 17.1 Å². The number of anilines is 1. The average Bonchev–Trinajstić information content (AvgIpc) is 3.48. The minimum Gasteiger partial charge on any atom is -0.467 e. The molecule has 0 bridgehead atoms. The molecule has 4 aromatic rings. The van der Waals surface area contributed by atoms with Crippen molar-refractivity contribution in [1.29, 1.82) is 5.26 Å². The quantitative estimate of drug-likeness (QED) is 0.293. The number of nitrogens with one attached hydrogen (secondary N) is 1. The molecule has 4 aromatic heterocycles. The number of furan rings is 1. The van der Waals surface area contributed by atoms with Gasteiger partial charge in [-0.25, -0.2) is 4.98 Å². The monoisotopic (exact) mass is 495 g/mol. The Morgan fingerprint density at radius 3 is 2.68 bits per heavy atom. The molecule has 34 heavy (non-hydrogen) atoms. The molecule has 1 amide bonds. The molecule has 176 valence electrons. The van der Waals surface area contributed by atoms with Crippen molar-refractivity contribution >= 4 is 45.0 Å². The van der Waals surface area contributed by atoms with Crippen molar-refractivity contribution in [2.24, 2.45) is 0 Å². The van der Waals surface area contributed by atoms with Gasteiger partial charge in [-0.2, -0.15) is 5.26 Å². The van der Waals surface area contributed by atoms with Crippen LogP contribution in [0, 0.1) is 39.0 Å². The highest BCUT2D eigenvalue weighted by molar-refractivity contribution is 7.99. The molecule has 0 atom stereocenters. The first-order valence-corrected chi connectivity index (χ1v) is 12.6. The van der Waals surface area contributed by atoms with Crippen molar-refractivity contribution in [3.63, 3.8) is 0 Å². The Kier molecular flexibility index (Phi) is 6.68. The Morgan fingerprint density at radius 1 is 1.26 bits per heavy atom. The lowest BCUT2D eigenvalue weighted by atomic mass is 10.2. The van der Waals surface area contributed by atoms with Crippen molar-refractivity contribution < 1.29 is 9.21 Å². The summed E-state index contributed by atoms with van der Waals surface area (Å²) in [6.45, 7) is 10.4. The van der Waals surface area contributed by atoms with Crippen molar-refractivity contribution in [2.75, 3.05) is 11.1 Å². The summed E-state index contributed by atoms with van der Waals surface area (Å²) in [4.78, 5) is 32.4. The first-order chi connectivity index (χ1) is 16.3. The highest BCUT2D eigenvalue weighted by Gasteiger charge is 2.21. The lowest BCUT2D eigenvalue weighted by molar-refractivity contribution is -0.113. The molecule has 4 rings (SSSR count). The van der Waals surface area contributed by atoms with E-state index in [4.69, 9.17) is 4.42 Å². The third kappa shape index (κ3) is 4.17. The first kappa shape index (κ1) is 23.9. The minimum absolute atomic E-state index is 0.0518. The third-order valence-electron chi connectivity index (χ3n) is 6.00. The highest BCUT2D eigenvalue weighted by Crippen LogP contribution is 2.30. The van der Waals surface area contributed by atoms with Gasteiger partial charge in [-0.3, -0.25) is 14.2 Å². The number of thiophene rings is 1. The Hall–Kier alpha value is -3.29. The normalized spacial score (nSPS) is 11.2. The number of thioether (sulfide) groups is 1. The number of rotatable bonds is 7. The predicted molar refractivity (Wildman–Crippen MR) is 135 cm³/mol. The molecule has 0 aromatic carbocycles. The van der Waals surface area contributed by atoms with Gasteiger partial charge in [-0.15, -0.1) is 11.3 Å². The summed E-state index contributed by atoms with van der Waals surface area (Å²) in [6.07, 6.45) is 1.59. The maximum Gasteiger partial charge on any atom is 0.263 e. The number of aromatic nitrogens is 3. The molecule has 4 heterocycles. The summed E-state index contributed by atoms with van der Waals surface area (Å²) >= 11 is 2.70. The summed E-state index contributed by atoms with van der Waals surface area (Å²) in [5, 5.41) is 13.8. The molecule has 0 aliphatic rings. The van der Waals surface area contributed by atoms with Gasteiger partial charge in [-0.1, -0.05) is 11.8 Å². The van der Waals surface area contributed by atoms with Gasteiger partial charge in [0.1, 0.15) is 22.5 Å². The summed E-state index contributed by atoms with van der Waals surface area (Å²) in [5.41, 5.74) is 3.00. The molecular weight excluding hydrogens is 470 g/mol. The number of hydrogen-bond donors (Lipinski definition) is 1. The lowest BCUT2D eigenvalue weighted by Gasteiger charge is -2.13. The molecule has 0 aliphatic heterocycles. The van der Waals surface area contributed by atoms with E-state index in [2.05, 4.69) is 16.4 Å². The highest BCUT2D eigenvalue weighted by atomic mass is 32.2. The van der Waals surface area contributed by atoms with Crippen molar-refractivity contribution in [2.45, 2.75) is 52.9 Å². The fraction of sp³-hybridized carbons (Fsp3) is 0.333. The van der Waals surface area contributed by atoms with Gasteiger partial charge < -0.3 is 14.3 Å². The van der Waals surface area contributed by atoms with E-state index in [0.29, 0.717) is 39.8 Å². The molecule has 0 saturated heterocycles. The number of carbonyl (C=O) groups is 1. The molecule has 10 heteroatoms. The van der Waals surface area contributed by atoms with Gasteiger partial charge in [-0.05, 0) is 57.9 Å². The molecule has 0 saturated carbocycles. The van der Waals surface area contributed by atoms with Crippen LogP contribution in [0.25, 0.3) is 10.2 Å². The number of amides is 1. The van der Waals surface area contributed by atoms with Crippen LogP contribution in [0.1, 0.15) is 39.9 Å². The minimum atomic E-state index is -0.282. The van der Waals surface area contributed by atoms with E-state index in [9.17, 15) is 14.9 Å². The number of nitrogens with zero attached hydrogens (tertiary/aromatic N) is 4. The van der Waals surface area contributed by atoms with Crippen LogP contribution < -0.4 is 10.9 Å². The average molecular weight is 496 g/mol. The van der Waals surface area contributed by atoms with Gasteiger partial charge in [0.15, 0.2) is 5.16 Å². The van der Waals surface area contributed by atoms with Crippen LogP contribution in [0.4, 0.5) is 5.82 Å². The fourth-order valence-electron chi connectivity index (χ4n) is 3.88. The van der Waals surface area contributed by atoms with Crippen LogP contribution in [0.5, 0.6) is 0 Å². The lowest BCUT2D eigenvalue weighted by Crippen LogP contribution is -2.24. The van der Waals surface area contributed by atoms with E-state index >= 15 is 0 Å². The van der Waals surface area contributed by atoms with Crippen LogP contribution in [-0.4, -0.2) is 25.8 Å². The molecule has 0 aliphatic carbocycles. The Labute approximate surface area is 205 Å². The number of hydrogen-bond acceptors (Lipinski definition) is 7. The fourth-order valence-corrected chi connectivity index (χ4v) is 5.82. The summed E-state index contributed by atoms with van der Waals surface area (Å²) in [7, 11) is 0. The van der Waals surface area contributed by atoms with E-state index in [1.807, 2.05) is 45.3 Å². The molecule has 8 nitrogen and oxygen atoms in total. The zero-order chi connectivity index (χ0) is 24.6. The van der Waals surface area contributed by atoms with E-state index in [1.165, 1.54) is 23.1 Å². The van der Waals surface area contributed by atoms with Crippen LogP contribution in [-0.2, 0) is 17.9 Å². The van der Waals surface area contributed by atoms with Gasteiger partial charge in [0.2, 0.25) is 5.91 Å². The number of carbonyl (C=O) groups excluding carboxylic acids is 1. The maximum absolute atomic E-state index is 13.0. The maximum atomic E-state index is 13.0. The van der Waals surface area contributed by atoms with Crippen molar-refractivity contribution in [1.82, 2.24) is 14.1 Å². The Balaban J connectivity index is 1.60. The second-order valence-corrected chi connectivity index (χ2v) is 10.1. The summed E-state index contributed by atoms with van der Waals surface area (Å²) in [6, 6.07) is 5.86. The third-order valence-corrected chi connectivity index (χ3v) is 8.07. The SMILES string of the molecule is CCn1c(SCC(=O)Nc2c(C#N)c(C)c(C)n2Cc2ccco2)nc2sc(C)c(C)c2c1=O. The standard InChI is InChI=1S/C24H25N5O3S2/c1-6-28-23(31)20-14(3)16(5)34-22(20)27-24(28)33-12-19(30)26-21-18(10-25)13(2)15(4)29(21)11-17-8-7-9-32-17/h7-9H,6,11-12H2,1-5H3,(H,26,30). The van der Waals surface area contributed by atoms with E-state index in [1.54, 1.807) is 16.9 Å². The van der Waals surface area contributed by atoms with Gasteiger partial charge in [0.25, 0.3) is 5.56 Å². The van der Waals surface area contributed by atoms with Gasteiger partial charge in [0.05, 0.1) is 29.5 Å². The second-order valence-electron chi connectivity index (χ2n) is 7.96. The van der Waals surface area contributed by atoms with Crippen LogP contribution in [0.3, 0.4) is 0 Å². The van der Waals surface area contributed by atoms with E-state index in [0.717, 1.165) is 27.5 Å². The summed E-state index contributed by atoms with van der Waals surface area (Å²) in [5.74, 6) is 0.935.